The van der Waals surface area contributed by atoms with E-state index in [1.807, 2.05) is 29.2 Å². The summed E-state index contributed by atoms with van der Waals surface area (Å²) >= 11 is 1.74. The predicted octanol–water partition coefficient (Wildman–Crippen LogP) is 3.75. The number of rotatable bonds is 4. The lowest BCUT2D eigenvalue weighted by Crippen LogP contribution is -2.48. The number of carbonyl (C=O) groups is 1. The van der Waals surface area contributed by atoms with Crippen LogP contribution >= 0.6 is 36.2 Å². The van der Waals surface area contributed by atoms with Crippen LogP contribution in [0.5, 0.6) is 0 Å². The SMILES string of the molecule is CC(C)(C)c1nc(CN2CCN(C(=O)Cc3ccc(N)cc3)CC2)cs1.Cl.Cl. The first-order valence-corrected chi connectivity index (χ1v) is 9.98. The summed E-state index contributed by atoms with van der Waals surface area (Å²) in [5, 5.41) is 3.35. The maximum Gasteiger partial charge on any atom is 0.227 e. The standard InChI is InChI=1S/C20H28N4OS.2ClH/c1-20(2,3)19-22-17(14-26-19)13-23-8-10-24(11-9-23)18(25)12-15-4-6-16(21)7-5-15;;/h4-7,14H,8-13,21H2,1-3H3;2*1H. The van der Waals surface area contributed by atoms with E-state index in [9.17, 15) is 4.79 Å². The average Bonchev–Trinajstić information content (AvgIpc) is 3.06. The highest BCUT2D eigenvalue weighted by molar-refractivity contribution is 7.09. The Hall–Kier alpha value is -1.34. The number of amides is 1. The molecule has 156 valence electrons. The van der Waals surface area contributed by atoms with Gasteiger partial charge in [0.1, 0.15) is 0 Å². The molecule has 8 heteroatoms. The van der Waals surface area contributed by atoms with Gasteiger partial charge in [0.15, 0.2) is 0 Å². The quantitative estimate of drug-likeness (QED) is 0.729. The molecule has 5 nitrogen and oxygen atoms in total. The smallest absolute Gasteiger partial charge is 0.227 e. The third-order valence-corrected chi connectivity index (χ3v) is 5.96. The Balaban J connectivity index is 0.00000196. The van der Waals surface area contributed by atoms with Crippen molar-refractivity contribution in [2.75, 3.05) is 31.9 Å². The van der Waals surface area contributed by atoms with Gasteiger partial charge in [0.25, 0.3) is 0 Å². The number of hydrogen-bond donors (Lipinski definition) is 1. The van der Waals surface area contributed by atoms with Gasteiger partial charge in [-0.25, -0.2) is 4.98 Å². The molecular weight excluding hydrogens is 415 g/mol. The van der Waals surface area contributed by atoms with Crippen LogP contribution < -0.4 is 5.73 Å². The van der Waals surface area contributed by atoms with Crippen molar-refractivity contribution in [3.63, 3.8) is 0 Å². The zero-order chi connectivity index (χ0) is 18.7. The largest absolute Gasteiger partial charge is 0.399 e. The van der Waals surface area contributed by atoms with Crippen LogP contribution in [0.15, 0.2) is 29.6 Å². The summed E-state index contributed by atoms with van der Waals surface area (Å²) in [5.74, 6) is 0.193. The van der Waals surface area contributed by atoms with Crippen LogP contribution in [0.1, 0.15) is 37.0 Å². The van der Waals surface area contributed by atoms with Crippen molar-refractivity contribution in [2.45, 2.75) is 39.2 Å². The second-order valence-electron chi connectivity index (χ2n) is 7.97. The first-order chi connectivity index (χ1) is 12.3. The molecule has 0 saturated carbocycles. The van der Waals surface area contributed by atoms with Crippen molar-refractivity contribution in [1.29, 1.82) is 0 Å². The molecule has 0 unspecified atom stereocenters. The summed E-state index contributed by atoms with van der Waals surface area (Å²) in [6.07, 6.45) is 0.446. The van der Waals surface area contributed by atoms with E-state index in [0.717, 1.165) is 49.7 Å². The number of benzene rings is 1. The molecule has 0 radical (unpaired) electrons. The molecule has 2 N–H and O–H groups in total. The van der Waals surface area contributed by atoms with Gasteiger partial charge in [0.05, 0.1) is 17.1 Å². The fraction of sp³-hybridized carbons (Fsp3) is 0.500. The number of carbonyl (C=O) groups excluding carboxylic acids is 1. The first-order valence-electron chi connectivity index (χ1n) is 9.11. The number of hydrogen-bond acceptors (Lipinski definition) is 5. The maximum atomic E-state index is 12.5. The number of nitrogens with zero attached hydrogens (tertiary/aromatic N) is 3. The van der Waals surface area contributed by atoms with Crippen molar-refractivity contribution in [2.24, 2.45) is 0 Å². The third kappa shape index (κ3) is 6.62. The number of aromatic nitrogens is 1. The lowest BCUT2D eigenvalue weighted by molar-refractivity contribution is -0.132. The highest BCUT2D eigenvalue weighted by atomic mass is 35.5. The highest BCUT2D eigenvalue weighted by Crippen LogP contribution is 2.26. The van der Waals surface area contributed by atoms with Gasteiger partial charge in [-0.2, -0.15) is 0 Å². The van der Waals surface area contributed by atoms with Crippen LogP contribution in [0, 0.1) is 0 Å². The Morgan fingerprint density at radius 1 is 1.11 bits per heavy atom. The van der Waals surface area contributed by atoms with Crippen molar-refractivity contribution in [3.05, 3.63) is 45.9 Å². The molecule has 1 aliphatic heterocycles. The number of piperazine rings is 1. The summed E-state index contributed by atoms with van der Waals surface area (Å²) in [6, 6.07) is 7.55. The van der Waals surface area contributed by atoms with E-state index >= 15 is 0 Å². The highest BCUT2D eigenvalue weighted by Gasteiger charge is 2.23. The minimum Gasteiger partial charge on any atom is -0.399 e. The third-order valence-electron chi connectivity index (χ3n) is 4.64. The van der Waals surface area contributed by atoms with Gasteiger partial charge >= 0.3 is 0 Å². The lowest BCUT2D eigenvalue weighted by atomic mass is 9.98. The van der Waals surface area contributed by atoms with Gasteiger partial charge in [0, 0.05) is 49.2 Å². The van der Waals surface area contributed by atoms with E-state index in [2.05, 4.69) is 31.1 Å². The molecule has 2 heterocycles. The van der Waals surface area contributed by atoms with Crippen molar-refractivity contribution in [1.82, 2.24) is 14.8 Å². The minimum absolute atomic E-state index is 0. The molecular formula is C20H30Cl2N4OS. The van der Waals surface area contributed by atoms with E-state index in [-0.39, 0.29) is 36.1 Å². The topological polar surface area (TPSA) is 62.5 Å². The molecule has 1 aromatic heterocycles. The first kappa shape index (κ1) is 24.7. The van der Waals surface area contributed by atoms with Crippen LogP contribution in [0.4, 0.5) is 5.69 Å². The molecule has 1 amide bonds. The molecule has 0 spiro atoms. The van der Waals surface area contributed by atoms with Crippen LogP contribution in [-0.2, 0) is 23.2 Å². The van der Waals surface area contributed by atoms with Gasteiger partial charge < -0.3 is 10.6 Å². The molecule has 1 saturated heterocycles. The van der Waals surface area contributed by atoms with Gasteiger partial charge in [-0.3, -0.25) is 9.69 Å². The fourth-order valence-corrected chi connectivity index (χ4v) is 3.93. The van der Waals surface area contributed by atoms with Gasteiger partial charge in [-0.15, -0.1) is 36.2 Å². The average molecular weight is 445 g/mol. The van der Waals surface area contributed by atoms with Crippen molar-refractivity contribution >= 4 is 47.7 Å². The van der Waals surface area contributed by atoms with E-state index in [1.54, 1.807) is 11.3 Å². The van der Waals surface area contributed by atoms with E-state index in [4.69, 9.17) is 10.7 Å². The molecule has 0 bridgehead atoms. The van der Waals surface area contributed by atoms with Crippen molar-refractivity contribution in [3.8, 4) is 0 Å². The Morgan fingerprint density at radius 3 is 2.25 bits per heavy atom. The molecule has 2 aromatic rings. The summed E-state index contributed by atoms with van der Waals surface area (Å²) in [7, 11) is 0. The molecule has 1 aliphatic rings. The van der Waals surface area contributed by atoms with E-state index in [0.29, 0.717) is 6.42 Å². The Bertz CT molecular complexity index is 750. The van der Waals surface area contributed by atoms with Crippen LogP contribution in [0.3, 0.4) is 0 Å². The second-order valence-corrected chi connectivity index (χ2v) is 8.83. The summed E-state index contributed by atoms with van der Waals surface area (Å²) in [5.41, 5.74) is 8.69. The van der Waals surface area contributed by atoms with Crippen LogP contribution in [0.2, 0.25) is 0 Å². The van der Waals surface area contributed by atoms with E-state index in [1.165, 1.54) is 5.01 Å². The summed E-state index contributed by atoms with van der Waals surface area (Å²) < 4.78 is 0. The second kappa shape index (κ2) is 10.4. The van der Waals surface area contributed by atoms with Crippen molar-refractivity contribution < 1.29 is 4.79 Å². The van der Waals surface area contributed by atoms with Gasteiger partial charge in [0.2, 0.25) is 5.91 Å². The number of halogens is 2. The molecule has 0 atom stereocenters. The molecule has 3 rings (SSSR count). The van der Waals surface area contributed by atoms with Gasteiger partial charge in [-0.05, 0) is 17.7 Å². The Morgan fingerprint density at radius 2 is 1.71 bits per heavy atom. The zero-order valence-corrected chi connectivity index (χ0v) is 19.1. The number of nitrogens with two attached hydrogens (primary N) is 1. The summed E-state index contributed by atoms with van der Waals surface area (Å²) in [6.45, 7) is 10.8. The fourth-order valence-electron chi connectivity index (χ4n) is 3.03. The minimum atomic E-state index is 0. The molecule has 28 heavy (non-hydrogen) atoms. The number of thiazole rings is 1. The van der Waals surface area contributed by atoms with Gasteiger partial charge in [-0.1, -0.05) is 32.9 Å². The lowest BCUT2D eigenvalue weighted by Gasteiger charge is -2.34. The van der Waals surface area contributed by atoms with E-state index < -0.39 is 0 Å². The Kier molecular flexibility index (Phi) is 9.21. The number of anilines is 1. The zero-order valence-electron chi connectivity index (χ0n) is 16.7. The molecule has 0 aliphatic carbocycles. The normalized spacial score (nSPS) is 14.9. The molecule has 1 fully saturated rings. The predicted molar refractivity (Wildman–Crippen MR) is 122 cm³/mol. The monoisotopic (exact) mass is 444 g/mol. The Labute approximate surface area is 184 Å². The number of nitrogen functional groups attached to an aromatic ring is 1. The molecule has 1 aromatic carbocycles. The summed E-state index contributed by atoms with van der Waals surface area (Å²) in [4.78, 5) is 21.6. The maximum absolute atomic E-state index is 12.5. The van der Waals surface area contributed by atoms with Crippen LogP contribution in [0.25, 0.3) is 0 Å². The van der Waals surface area contributed by atoms with Crippen LogP contribution in [-0.4, -0.2) is 46.9 Å².